The summed E-state index contributed by atoms with van der Waals surface area (Å²) in [7, 11) is 1.79. The second-order valence-electron chi connectivity index (χ2n) is 6.91. The molecule has 1 aliphatic heterocycles. The topological polar surface area (TPSA) is 63.5 Å². The van der Waals surface area contributed by atoms with E-state index in [2.05, 4.69) is 61.6 Å². The van der Waals surface area contributed by atoms with Crippen molar-refractivity contribution < 1.29 is 4.74 Å². The summed E-state index contributed by atoms with van der Waals surface area (Å²) in [6, 6.07) is 16.8. The first-order valence-electron chi connectivity index (χ1n) is 9.53. The van der Waals surface area contributed by atoms with Crippen LogP contribution in [0.4, 0.5) is 0 Å². The van der Waals surface area contributed by atoms with Gasteiger partial charge in [0, 0.05) is 39.0 Å². The summed E-state index contributed by atoms with van der Waals surface area (Å²) in [5.74, 6) is 1.77. The minimum Gasteiger partial charge on any atom is -0.488 e. The maximum Gasteiger partial charge on any atom is 0.191 e. The maximum atomic E-state index is 5.98. The summed E-state index contributed by atoms with van der Waals surface area (Å²) in [5, 5.41) is 6.75. The summed E-state index contributed by atoms with van der Waals surface area (Å²) in [5.41, 5.74) is 3.73. The van der Waals surface area contributed by atoms with E-state index in [1.54, 1.807) is 13.2 Å². The zero-order valence-electron chi connectivity index (χ0n) is 16.0. The second kappa shape index (κ2) is 8.61. The van der Waals surface area contributed by atoms with Gasteiger partial charge in [0.1, 0.15) is 11.9 Å². The molecular formula is C22H25N5O. The number of benzene rings is 2. The summed E-state index contributed by atoms with van der Waals surface area (Å²) in [6.07, 6.45) is 6.67. The molecule has 0 amide bonds. The van der Waals surface area contributed by atoms with Crippen LogP contribution in [0.1, 0.15) is 16.7 Å². The summed E-state index contributed by atoms with van der Waals surface area (Å²) in [4.78, 5) is 8.42. The molecule has 1 aromatic heterocycles. The number of hydrogen-bond acceptors (Lipinski definition) is 3. The van der Waals surface area contributed by atoms with E-state index in [4.69, 9.17) is 4.74 Å². The van der Waals surface area contributed by atoms with E-state index in [0.29, 0.717) is 6.54 Å². The van der Waals surface area contributed by atoms with Crippen LogP contribution in [0.2, 0.25) is 0 Å². The lowest BCUT2D eigenvalue weighted by molar-refractivity contribution is 0.235. The van der Waals surface area contributed by atoms with Crippen molar-refractivity contribution in [1.82, 2.24) is 20.2 Å². The molecule has 0 bridgehead atoms. The molecule has 2 N–H and O–H groups in total. The zero-order chi connectivity index (χ0) is 19.2. The normalized spacial score (nSPS) is 15.8. The van der Waals surface area contributed by atoms with Gasteiger partial charge in [0.2, 0.25) is 0 Å². The average molecular weight is 375 g/mol. The number of ether oxygens (including phenoxy) is 1. The van der Waals surface area contributed by atoms with Crippen molar-refractivity contribution in [3.05, 3.63) is 83.9 Å². The first-order chi connectivity index (χ1) is 13.8. The molecule has 3 aromatic rings. The lowest BCUT2D eigenvalue weighted by Crippen LogP contribution is -2.41. The highest BCUT2D eigenvalue weighted by Gasteiger charge is 2.22. The number of imidazole rings is 1. The fourth-order valence-corrected chi connectivity index (χ4v) is 3.41. The van der Waals surface area contributed by atoms with Gasteiger partial charge in [-0.2, -0.15) is 0 Å². The smallest absolute Gasteiger partial charge is 0.191 e. The molecule has 0 saturated carbocycles. The van der Waals surface area contributed by atoms with Gasteiger partial charge in [-0.05, 0) is 22.8 Å². The van der Waals surface area contributed by atoms with E-state index >= 15 is 0 Å². The molecule has 0 saturated heterocycles. The SMILES string of the molecule is CN=C(NCc1cccc(Cn2ccnc2)c1)NCC1Cc2ccccc2O1. The Morgan fingerprint density at radius 3 is 2.89 bits per heavy atom. The quantitative estimate of drug-likeness (QED) is 0.514. The number of nitrogens with zero attached hydrogens (tertiary/aromatic N) is 3. The van der Waals surface area contributed by atoms with Crippen molar-refractivity contribution in [2.75, 3.05) is 13.6 Å². The molecule has 144 valence electrons. The first-order valence-corrected chi connectivity index (χ1v) is 9.53. The highest BCUT2D eigenvalue weighted by molar-refractivity contribution is 5.79. The van der Waals surface area contributed by atoms with E-state index < -0.39 is 0 Å². The number of hydrogen-bond donors (Lipinski definition) is 2. The Morgan fingerprint density at radius 2 is 2.07 bits per heavy atom. The van der Waals surface area contributed by atoms with Crippen LogP contribution < -0.4 is 15.4 Å². The predicted octanol–water partition coefficient (Wildman–Crippen LogP) is 2.60. The zero-order valence-corrected chi connectivity index (χ0v) is 16.0. The number of nitrogens with one attached hydrogen (secondary N) is 2. The summed E-state index contributed by atoms with van der Waals surface area (Å²) < 4.78 is 8.04. The largest absolute Gasteiger partial charge is 0.488 e. The number of aromatic nitrogens is 2. The number of para-hydroxylation sites is 1. The van der Waals surface area contributed by atoms with Crippen LogP contribution in [-0.4, -0.2) is 35.2 Å². The van der Waals surface area contributed by atoms with E-state index in [0.717, 1.165) is 31.2 Å². The van der Waals surface area contributed by atoms with Gasteiger partial charge in [-0.1, -0.05) is 42.5 Å². The average Bonchev–Trinajstić information content (AvgIpc) is 3.37. The lowest BCUT2D eigenvalue weighted by Gasteiger charge is -2.16. The number of rotatable bonds is 6. The fourth-order valence-electron chi connectivity index (χ4n) is 3.41. The summed E-state index contributed by atoms with van der Waals surface area (Å²) >= 11 is 0. The fraction of sp³-hybridized carbons (Fsp3) is 0.273. The minimum atomic E-state index is 0.134. The summed E-state index contributed by atoms with van der Waals surface area (Å²) in [6.45, 7) is 2.25. The molecule has 0 fully saturated rings. The molecule has 6 nitrogen and oxygen atoms in total. The number of guanidine groups is 1. The van der Waals surface area contributed by atoms with Crippen LogP contribution in [0.15, 0.2) is 72.2 Å². The molecular weight excluding hydrogens is 350 g/mol. The Labute approximate surface area is 165 Å². The van der Waals surface area contributed by atoms with Crippen LogP contribution in [0.25, 0.3) is 0 Å². The molecule has 0 aliphatic carbocycles. The predicted molar refractivity (Wildman–Crippen MR) is 111 cm³/mol. The standard InChI is InChI=1S/C22H25N5O/c1-23-22(26-14-20-12-19-7-2-3-8-21(19)28-20)25-13-17-5-4-6-18(11-17)15-27-10-9-24-16-27/h2-11,16,20H,12-15H2,1H3,(H2,23,25,26). The molecule has 28 heavy (non-hydrogen) atoms. The monoisotopic (exact) mass is 375 g/mol. The molecule has 6 heteroatoms. The molecule has 0 spiro atoms. The molecule has 1 atom stereocenters. The van der Waals surface area contributed by atoms with Gasteiger partial charge in [-0.15, -0.1) is 0 Å². The molecule has 0 radical (unpaired) electrons. The van der Waals surface area contributed by atoms with Crippen molar-refractivity contribution in [1.29, 1.82) is 0 Å². The Hall–Kier alpha value is -3.28. The highest BCUT2D eigenvalue weighted by Crippen LogP contribution is 2.27. The molecule has 2 heterocycles. The highest BCUT2D eigenvalue weighted by atomic mass is 16.5. The van der Waals surface area contributed by atoms with Gasteiger partial charge in [-0.3, -0.25) is 4.99 Å². The van der Waals surface area contributed by atoms with Gasteiger partial charge < -0.3 is 19.9 Å². The molecule has 4 rings (SSSR count). The van der Waals surface area contributed by atoms with Crippen molar-refractivity contribution >= 4 is 5.96 Å². The first kappa shape index (κ1) is 18.1. The van der Waals surface area contributed by atoms with Crippen molar-refractivity contribution in [3.8, 4) is 5.75 Å². The van der Waals surface area contributed by atoms with Crippen LogP contribution in [-0.2, 0) is 19.5 Å². The van der Waals surface area contributed by atoms with Crippen molar-refractivity contribution in [3.63, 3.8) is 0 Å². The Kier molecular flexibility index (Phi) is 5.56. The minimum absolute atomic E-state index is 0.134. The van der Waals surface area contributed by atoms with Crippen LogP contribution in [0.3, 0.4) is 0 Å². The van der Waals surface area contributed by atoms with Crippen LogP contribution in [0.5, 0.6) is 5.75 Å². The van der Waals surface area contributed by atoms with Gasteiger partial charge in [0.25, 0.3) is 0 Å². The third kappa shape index (κ3) is 4.52. The van der Waals surface area contributed by atoms with Crippen molar-refractivity contribution in [2.45, 2.75) is 25.6 Å². The molecule has 2 aromatic carbocycles. The second-order valence-corrected chi connectivity index (χ2v) is 6.91. The third-order valence-electron chi connectivity index (χ3n) is 4.81. The Morgan fingerprint density at radius 1 is 1.18 bits per heavy atom. The Bertz CT molecular complexity index is 911. The number of aliphatic imine (C=N–C) groups is 1. The van der Waals surface area contributed by atoms with E-state index in [1.807, 2.05) is 24.7 Å². The van der Waals surface area contributed by atoms with Crippen molar-refractivity contribution in [2.24, 2.45) is 4.99 Å². The molecule has 1 unspecified atom stereocenters. The van der Waals surface area contributed by atoms with E-state index in [9.17, 15) is 0 Å². The van der Waals surface area contributed by atoms with Gasteiger partial charge in [0.05, 0.1) is 12.9 Å². The van der Waals surface area contributed by atoms with Gasteiger partial charge in [0.15, 0.2) is 5.96 Å². The third-order valence-corrected chi connectivity index (χ3v) is 4.81. The Balaban J connectivity index is 1.27. The van der Waals surface area contributed by atoms with Gasteiger partial charge in [-0.25, -0.2) is 4.98 Å². The molecule has 1 aliphatic rings. The maximum absolute atomic E-state index is 5.98. The lowest BCUT2D eigenvalue weighted by atomic mass is 10.1. The van der Waals surface area contributed by atoms with E-state index in [-0.39, 0.29) is 6.10 Å². The van der Waals surface area contributed by atoms with E-state index in [1.165, 1.54) is 16.7 Å². The van der Waals surface area contributed by atoms with Gasteiger partial charge >= 0.3 is 0 Å². The van der Waals surface area contributed by atoms with Crippen LogP contribution in [0, 0.1) is 0 Å². The number of fused-ring (bicyclic) bond motifs is 1. The van der Waals surface area contributed by atoms with Crippen LogP contribution >= 0.6 is 0 Å².